The van der Waals surface area contributed by atoms with E-state index in [4.69, 9.17) is 0 Å². The molecular weight excluding hydrogens is 212 g/mol. The van der Waals surface area contributed by atoms with Crippen molar-refractivity contribution in [3.05, 3.63) is 22.9 Å². The molecule has 0 amide bonds. The first kappa shape index (κ1) is 13.7. The van der Waals surface area contributed by atoms with Crippen LogP contribution in [0.1, 0.15) is 51.9 Å². The summed E-state index contributed by atoms with van der Waals surface area (Å²) in [4.78, 5) is 10.3. The number of unbranched alkanes of at least 4 members (excludes halogenated alkanes) is 1. The zero-order valence-corrected chi connectivity index (χ0v) is 12.1. The van der Waals surface area contributed by atoms with Gasteiger partial charge in [0, 0.05) is 0 Å². The van der Waals surface area contributed by atoms with Crippen LogP contribution in [0.15, 0.2) is 22.9 Å². The van der Waals surface area contributed by atoms with Crippen LogP contribution < -0.4 is 0 Å². The second kappa shape index (κ2) is 6.41. The molecule has 0 aromatic carbocycles. The summed E-state index contributed by atoms with van der Waals surface area (Å²) in [5, 5.41) is 1.34. The molecule has 1 aliphatic carbocycles. The van der Waals surface area contributed by atoms with E-state index in [-0.39, 0.29) is 0 Å². The fourth-order valence-corrected chi connectivity index (χ4v) is 3.47. The largest absolute Gasteiger partial charge is 0.428 e. The van der Waals surface area contributed by atoms with Gasteiger partial charge in [-0.2, -0.15) is 0 Å². The maximum atomic E-state index is 10.3. The van der Waals surface area contributed by atoms with Crippen LogP contribution in [-0.4, -0.2) is 13.1 Å². The van der Waals surface area contributed by atoms with Gasteiger partial charge in [-0.1, -0.05) is 42.7 Å². The smallest absolute Gasteiger partial charge is 0.210 e. The summed E-state index contributed by atoms with van der Waals surface area (Å²) in [5.41, 5.74) is 1.46. The van der Waals surface area contributed by atoms with E-state index in [0.717, 1.165) is 6.42 Å². The molecule has 0 aliphatic heterocycles. The van der Waals surface area contributed by atoms with Crippen molar-refractivity contribution in [2.45, 2.75) is 65.0 Å². The lowest BCUT2D eigenvalue weighted by Gasteiger charge is -2.20. The molecule has 0 spiro atoms. The molecule has 0 saturated heterocycles. The van der Waals surface area contributed by atoms with Crippen molar-refractivity contribution in [2.24, 2.45) is 0 Å². The van der Waals surface area contributed by atoms with E-state index < -0.39 is 8.32 Å². The van der Waals surface area contributed by atoms with Crippen LogP contribution in [0.4, 0.5) is 0 Å². The van der Waals surface area contributed by atoms with E-state index in [1.807, 2.05) is 13.1 Å². The zero-order chi connectivity index (χ0) is 12.0. The maximum absolute atomic E-state index is 10.3. The minimum atomic E-state index is -2.09. The summed E-state index contributed by atoms with van der Waals surface area (Å²) in [7, 11) is -2.09. The second-order valence-electron chi connectivity index (χ2n) is 5.36. The van der Waals surface area contributed by atoms with Gasteiger partial charge in [0.05, 0.1) is 0 Å². The predicted molar refractivity (Wildman–Crippen MR) is 73.9 cm³/mol. The highest BCUT2D eigenvalue weighted by Gasteiger charge is 2.22. The average molecular weight is 238 g/mol. The van der Waals surface area contributed by atoms with Gasteiger partial charge in [0.25, 0.3) is 0 Å². The first-order valence-corrected chi connectivity index (χ1v) is 9.61. The summed E-state index contributed by atoms with van der Waals surface area (Å²) >= 11 is 0. The SMILES string of the molecule is CCCC/C(=C\C1=CCCCC1)[Si](C)(C)O. The molecule has 1 N–H and O–H groups in total. The molecule has 2 heteroatoms. The van der Waals surface area contributed by atoms with Gasteiger partial charge in [-0.25, -0.2) is 0 Å². The van der Waals surface area contributed by atoms with Crippen molar-refractivity contribution in [1.29, 1.82) is 0 Å². The molecule has 0 bridgehead atoms. The molecule has 1 nitrogen and oxygen atoms in total. The third-order valence-corrected chi connectivity index (χ3v) is 5.24. The first-order chi connectivity index (χ1) is 7.54. The van der Waals surface area contributed by atoms with E-state index >= 15 is 0 Å². The highest BCUT2D eigenvalue weighted by atomic mass is 28.4. The Kier molecular flexibility index (Phi) is 5.49. The lowest BCUT2D eigenvalue weighted by Crippen LogP contribution is -2.29. The Morgan fingerprint density at radius 2 is 2.19 bits per heavy atom. The van der Waals surface area contributed by atoms with Crippen LogP contribution in [0.25, 0.3) is 0 Å². The summed E-state index contributed by atoms with van der Waals surface area (Å²) < 4.78 is 0. The van der Waals surface area contributed by atoms with E-state index in [1.165, 1.54) is 49.3 Å². The average Bonchev–Trinajstić information content (AvgIpc) is 2.24. The molecule has 1 aliphatic rings. The lowest BCUT2D eigenvalue weighted by atomic mass is 9.99. The number of hydrogen-bond donors (Lipinski definition) is 1. The maximum Gasteiger partial charge on any atom is 0.210 e. The molecule has 0 fully saturated rings. The van der Waals surface area contributed by atoms with Crippen LogP contribution in [0.5, 0.6) is 0 Å². The predicted octanol–water partition coefficient (Wildman–Crippen LogP) is 4.34. The normalized spacial score (nSPS) is 18.5. The number of allylic oxidation sites excluding steroid dienone is 4. The third kappa shape index (κ3) is 4.66. The molecule has 16 heavy (non-hydrogen) atoms. The van der Waals surface area contributed by atoms with Crippen molar-refractivity contribution >= 4 is 8.32 Å². The fourth-order valence-electron chi connectivity index (χ4n) is 2.14. The Bertz CT molecular complexity index is 271. The van der Waals surface area contributed by atoms with Crippen molar-refractivity contribution in [3.8, 4) is 0 Å². The molecule has 0 saturated carbocycles. The molecule has 0 heterocycles. The van der Waals surface area contributed by atoms with Crippen LogP contribution in [-0.2, 0) is 0 Å². The van der Waals surface area contributed by atoms with E-state index in [0.29, 0.717) is 0 Å². The van der Waals surface area contributed by atoms with Crippen LogP contribution in [0.2, 0.25) is 13.1 Å². The van der Waals surface area contributed by atoms with Gasteiger partial charge in [0.15, 0.2) is 0 Å². The fraction of sp³-hybridized carbons (Fsp3) is 0.714. The van der Waals surface area contributed by atoms with E-state index in [2.05, 4.69) is 19.1 Å². The summed E-state index contributed by atoms with van der Waals surface area (Å²) in [6.07, 6.45) is 13.2. The molecule has 0 aromatic heterocycles. The van der Waals surface area contributed by atoms with Crippen molar-refractivity contribution in [2.75, 3.05) is 0 Å². The monoisotopic (exact) mass is 238 g/mol. The number of rotatable bonds is 5. The molecule has 0 radical (unpaired) electrons. The van der Waals surface area contributed by atoms with Crippen molar-refractivity contribution in [3.63, 3.8) is 0 Å². The third-order valence-electron chi connectivity index (χ3n) is 3.27. The quantitative estimate of drug-likeness (QED) is 0.706. The molecule has 0 unspecified atom stereocenters. The minimum Gasteiger partial charge on any atom is -0.428 e. The number of hydrogen-bond acceptors (Lipinski definition) is 1. The molecule has 0 atom stereocenters. The molecule has 1 rings (SSSR count). The van der Waals surface area contributed by atoms with Crippen molar-refractivity contribution in [1.82, 2.24) is 0 Å². The van der Waals surface area contributed by atoms with Gasteiger partial charge in [-0.15, -0.1) is 0 Å². The zero-order valence-electron chi connectivity index (χ0n) is 11.1. The summed E-state index contributed by atoms with van der Waals surface area (Å²) in [5.74, 6) is 0. The van der Waals surface area contributed by atoms with Gasteiger partial charge in [0.1, 0.15) is 0 Å². The van der Waals surface area contributed by atoms with Gasteiger partial charge in [0.2, 0.25) is 8.32 Å². The molecule has 92 valence electrons. The van der Waals surface area contributed by atoms with E-state index in [9.17, 15) is 4.80 Å². The highest BCUT2D eigenvalue weighted by molar-refractivity contribution is 6.77. The summed E-state index contributed by atoms with van der Waals surface area (Å²) in [6.45, 7) is 6.29. The van der Waals surface area contributed by atoms with Crippen LogP contribution >= 0.6 is 0 Å². The van der Waals surface area contributed by atoms with Crippen molar-refractivity contribution < 1.29 is 4.80 Å². The second-order valence-corrected chi connectivity index (χ2v) is 9.12. The Labute approximate surface area is 101 Å². The Hall–Kier alpha value is -0.343. The van der Waals surface area contributed by atoms with Gasteiger partial charge >= 0.3 is 0 Å². The minimum absolute atomic E-state index is 1.09. The van der Waals surface area contributed by atoms with Crippen LogP contribution in [0.3, 0.4) is 0 Å². The summed E-state index contributed by atoms with van der Waals surface area (Å²) in [6, 6.07) is 0. The Morgan fingerprint density at radius 1 is 1.44 bits per heavy atom. The first-order valence-electron chi connectivity index (χ1n) is 6.66. The van der Waals surface area contributed by atoms with Crippen LogP contribution in [0, 0.1) is 0 Å². The Morgan fingerprint density at radius 3 is 2.69 bits per heavy atom. The van der Waals surface area contributed by atoms with Gasteiger partial charge < -0.3 is 4.80 Å². The Balaban J connectivity index is 2.74. The highest BCUT2D eigenvalue weighted by Crippen LogP contribution is 2.25. The topological polar surface area (TPSA) is 20.2 Å². The van der Waals surface area contributed by atoms with E-state index in [1.54, 1.807) is 0 Å². The molecule has 0 aromatic rings. The lowest BCUT2D eigenvalue weighted by molar-refractivity contribution is 0.556. The standard InChI is InChI=1S/C14H26OSi/c1-4-5-11-14(16(2,3)15)12-13-9-7-6-8-10-13/h9,12,15H,4-8,10-11H2,1-3H3/b14-12+. The molecular formula is C14H26OSi. The van der Waals surface area contributed by atoms with Gasteiger partial charge in [-0.3, -0.25) is 0 Å². The van der Waals surface area contributed by atoms with Gasteiger partial charge in [-0.05, 0) is 45.2 Å².